The third-order valence-electron chi connectivity index (χ3n) is 4.26. The molecule has 1 heterocycles. The van der Waals surface area contributed by atoms with Gasteiger partial charge >= 0.3 is 0 Å². The average Bonchev–Trinajstić information content (AvgIpc) is 3.00. The van der Waals surface area contributed by atoms with Crippen molar-refractivity contribution in [3.63, 3.8) is 0 Å². The number of benzene rings is 2. The van der Waals surface area contributed by atoms with Crippen molar-refractivity contribution in [2.75, 3.05) is 13.2 Å². The van der Waals surface area contributed by atoms with Crippen LogP contribution in [0.3, 0.4) is 0 Å². The van der Waals surface area contributed by atoms with Crippen LogP contribution in [0.1, 0.15) is 15.9 Å². The van der Waals surface area contributed by atoms with Gasteiger partial charge in [-0.25, -0.2) is 4.39 Å². The summed E-state index contributed by atoms with van der Waals surface area (Å²) in [6, 6.07) is 14.9. The molecule has 3 atom stereocenters. The van der Waals surface area contributed by atoms with Gasteiger partial charge in [-0.1, -0.05) is 30.3 Å². The predicted molar refractivity (Wildman–Crippen MR) is 91.5 cm³/mol. The summed E-state index contributed by atoms with van der Waals surface area (Å²) in [5.41, 5.74) is 1.50. The lowest BCUT2D eigenvalue weighted by Gasteiger charge is -2.19. The normalized spacial score (nSPS) is 22.7. The first-order valence-corrected chi connectivity index (χ1v) is 8.24. The lowest BCUT2D eigenvalue weighted by atomic mass is 10.1. The van der Waals surface area contributed by atoms with Gasteiger partial charge in [-0.2, -0.15) is 0 Å². The summed E-state index contributed by atoms with van der Waals surface area (Å²) >= 11 is 0. The highest BCUT2D eigenvalue weighted by molar-refractivity contribution is 5.94. The molecular weight excluding hydrogens is 323 g/mol. The zero-order valence-corrected chi connectivity index (χ0v) is 13.7. The Balaban J connectivity index is 1.46. The minimum absolute atomic E-state index is 0.195. The number of aliphatic hydroxyl groups excluding tert-OH is 1. The summed E-state index contributed by atoms with van der Waals surface area (Å²) in [5.74, 6) is -0.471. The van der Waals surface area contributed by atoms with E-state index in [4.69, 9.17) is 4.74 Å². The van der Waals surface area contributed by atoms with Crippen LogP contribution >= 0.6 is 0 Å². The third-order valence-corrected chi connectivity index (χ3v) is 4.26. The molecule has 25 heavy (non-hydrogen) atoms. The van der Waals surface area contributed by atoms with E-state index in [1.807, 2.05) is 6.07 Å². The van der Waals surface area contributed by atoms with Gasteiger partial charge in [0, 0.05) is 18.7 Å². The number of aliphatic hydroxyl groups is 1. The maximum atomic E-state index is 12.9. The van der Waals surface area contributed by atoms with Crippen molar-refractivity contribution in [1.29, 1.82) is 0 Å². The van der Waals surface area contributed by atoms with E-state index in [2.05, 4.69) is 10.6 Å². The Kier molecular flexibility index (Phi) is 5.75. The number of carbonyl (C=O) groups excluding carboxylic acids is 1. The second-order valence-electron chi connectivity index (χ2n) is 6.05. The fourth-order valence-electron chi connectivity index (χ4n) is 2.78. The molecule has 0 saturated carbocycles. The molecule has 2 aromatic carbocycles. The van der Waals surface area contributed by atoms with Crippen LogP contribution in [0.2, 0.25) is 0 Å². The van der Waals surface area contributed by atoms with E-state index in [1.54, 1.807) is 36.4 Å². The van der Waals surface area contributed by atoms with Gasteiger partial charge in [0.1, 0.15) is 11.9 Å². The van der Waals surface area contributed by atoms with Crippen molar-refractivity contribution >= 4 is 5.91 Å². The lowest BCUT2D eigenvalue weighted by Crippen LogP contribution is -2.44. The largest absolute Gasteiger partial charge is 0.389 e. The number of ether oxygens (including phenoxy) is 1. The predicted octanol–water partition coefficient (Wildman–Crippen LogP) is 1.47. The Hall–Kier alpha value is -2.28. The first-order chi connectivity index (χ1) is 12.1. The highest BCUT2D eigenvalue weighted by Crippen LogP contribution is 2.15. The molecule has 3 N–H and O–H groups in total. The lowest BCUT2D eigenvalue weighted by molar-refractivity contribution is 0.0398. The third kappa shape index (κ3) is 4.63. The van der Waals surface area contributed by atoms with Gasteiger partial charge in [0.2, 0.25) is 0 Å². The van der Waals surface area contributed by atoms with Gasteiger partial charge in [0.15, 0.2) is 0 Å². The van der Waals surface area contributed by atoms with Crippen molar-refractivity contribution in [2.45, 2.75) is 24.8 Å². The molecule has 5 nitrogen and oxygen atoms in total. The van der Waals surface area contributed by atoms with Gasteiger partial charge in [-0.15, -0.1) is 0 Å². The Morgan fingerprint density at radius 3 is 2.60 bits per heavy atom. The number of amides is 1. The molecule has 3 unspecified atom stereocenters. The standard InChI is InChI=1S/C19H21FN2O3/c20-15-8-6-13(7-9-15)10-21-16-12-25-17(18(16)23)11-22-19(24)14-4-2-1-3-5-14/h1-9,16-18,21,23H,10-12H2,(H,22,24). The van der Waals surface area contributed by atoms with E-state index in [0.717, 1.165) is 5.56 Å². The number of rotatable bonds is 6. The number of hydrogen-bond acceptors (Lipinski definition) is 4. The zero-order valence-electron chi connectivity index (χ0n) is 13.7. The van der Waals surface area contributed by atoms with Gasteiger partial charge in [-0.05, 0) is 29.8 Å². The summed E-state index contributed by atoms with van der Waals surface area (Å²) in [4.78, 5) is 12.0. The summed E-state index contributed by atoms with van der Waals surface area (Å²) in [6.45, 7) is 1.10. The van der Waals surface area contributed by atoms with Gasteiger partial charge < -0.3 is 20.5 Å². The fraction of sp³-hybridized carbons (Fsp3) is 0.316. The summed E-state index contributed by atoms with van der Waals surface area (Å²) < 4.78 is 18.5. The second kappa shape index (κ2) is 8.20. The molecule has 0 radical (unpaired) electrons. The molecule has 0 aliphatic carbocycles. The Labute approximate surface area is 145 Å². The van der Waals surface area contributed by atoms with E-state index in [9.17, 15) is 14.3 Å². The first-order valence-electron chi connectivity index (χ1n) is 8.24. The SMILES string of the molecule is O=C(NCC1OCC(NCc2ccc(F)cc2)C1O)c1ccccc1. The molecule has 0 bridgehead atoms. The molecule has 1 aliphatic rings. The summed E-state index contributed by atoms with van der Waals surface area (Å²) in [5, 5.41) is 16.3. The fourth-order valence-corrected chi connectivity index (χ4v) is 2.78. The quantitative estimate of drug-likeness (QED) is 0.742. The van der Waals surface area contributed by atoms with Crippen LogP contribution in [0.15, 0.2) is 54.6 Å². The molecule has 6 heteroatoms. The van der Waals surface area contributed by atoms with Crippen molar-refractivity contribution in [3.05, 3.63) is 71.5 Å². The van der Waals surface area contributed by atoms with E-state index >= 15 is 0 Å². The summed E-state index contributed by atoms with van der Waals surface area (Å²) in [7, 11) is 0. The van der Waals surface area contributed by atoms with Crippen LogP contribution in [-0.2, 0) is 11.3 Å². The molecule has 1 aliphatic heterocycles. The van der Waals surface area contributed by atoms with Crippen LogP contribution in [0, 0.1) is 5.82 Å². The van der Waals surface area contributed by atoms with Crippen LogP contribution in [-0.4, -0.2) is 42.4 Å². The van der Waals surface area contributed by atoms with Gasteiger partial charge in [0.05, 0.1) is 18.8 Å². The average molecular weight is 344 g/mol. The number of nitrogens with one attached hydrogen (secondary N) is 2. The number of halogens is 1. The molecule has 1 saturated heterocycles. The Morgan fingerprint density at radius 2 is 1.88 bits per heavy atom. The van der Waals surface area contributed by atoms with Gasteiger partial charge in [0.25, 0.3) is 5.91 Å². The number of hydrogen-bond donors (Lipinski definition) is 3. The molecular formula is C19H21FN2O3. The molecule has 0 spiro atoms. The minimum Gasteiger partial charge on any atom is -0.389 e. The topological polar surface area (TPSA) is 70.6 Å². The van der Waals surface area contributed by atoms with Crippen LogP contribution in [0.4, 0.5) is 4.39 Å². The molecule has 1 amide bonds. The van der Waals surface area contributed by atoms with Gasteiger partial charge in [-0.3, -0.25) is 4.79 Å². The Bertz CT molecular complexity index is 694. The summed E-state index contributed by atoms with van der Waals surface area (Å²) in [6.07, 6.45) is -1.19. The monoisotopic (exact) mass is 344 g/mol. The van der Waals surface area contributed by atoms with E-state index in [-0.39, 0.29) is 24.3 Å². The van der Waals surface area contributed by atoms with Crippen LogP contribution in [0.25, 0.3) is 0 Å². The molecule has 3 rings (SSSR count). The second-order valence-corrected chi connectivity index (χ2v) is 6.05. The smallest absolute Gasteiger partial charge is 0.251 e. The molecule has 0 aromatic heterocycles. The van der Waals surface area contributed by atoms with Crippen molar-refractivity contribution in [3.8, 4) is 0 Å². The van der Waals surface area contributed by atoms with E-state index < -0.39 is 12.2 Å². The van der Waals surface area contributed by atoms with E-state index in [0.29, 0.717) is 18.7 Å². The van der Waals surface area contributed by atoms with Crippen molar-refractivity contribution in [1.82, 2.24) is 10.6 Å². The highest BCUT2D eigenvalue weighted by atomic mass is 19.1. The van der Waals surface area contributed by atoms with Crippen LogP contribution in [0.5, 0.6) is 0 Å². The van der Waals surface area contributed by atoms with Crippen molar-refractivity contribution in [2.24, 2.45) is 0 Å². The zero-order chi connectivity index (χ0) is 17.6. The minimum atomic E-state index is -0.725. The first kappa shape index (κ1) is 17.5. The van der Waals surface area contributed by atoms with Crippen molar-refractivity contribution < 1.29 is 19.0 Å². The van der Waals surface area contributed by atoms with Crippen LogP contribution < -0.4 is 10.6 Å². The maximum Gasteiger partial charge on any atom is 0.251 e. The van der Waals surface area contributed by atoms with E-state index in [1.165, 1.54) is 12.1 Å². The molecule has 132 valence electrons. The molecule has 2 aromatic rings. The molecule has 1 fully saturated rings. The Morgan fingerprint density at radius 1 is 1.16 bits per heavy atom. The number of carbonyl (C=O) groups is 1. The highest BCUT2D eigenvalue weighted by Gasteiger charge is 2.35. The maximum absolute atomic E-state index is 12.9.